The van der Waals surface area contributed by atoms with Crippen molar-refractivity contribution in [2.75, 3.05) is 26.8 Å². The number of aliphatic hydroxyl groups is 1. The fourth-order valence-electron chi connectivity index (χ4n) is 2.34. The highest BCUT2D eigenvalue weighted by Crippen LogP contribution is 2.13. The molecule has 1 atom stereocenters. The number of ketones is 1. The van der Waals surface area contributed by atoms with Gasteiger partial charge in [-0.2, -0.15) is 0 Å². The SMILES string of the molecule is COC(=O)C(C)CN(CCCO)C(=O)CCC(=O)c1ccc(Cl)cc1. The lowest BCUT2D eigenvalue weighted by Crippen LogP contribution is -2.38. The number of aliphatic hydroxyl groups excluding tert-OH is 1. The largest absolute Gasteiger partial charge is 0.469 e. The number of hydrogen-bond donors (Lipinski definition) is 1. The predicted molar refractivity (Wildman–Crippen MR) is 94.5 cm³/mol. The molecule has 1 aromatic rings. The molecular formula is C18H24ClNO5. The molecule has 1 amide bonds. The van der Waals surface area contributed by atoms with E-state index in [0.29, 0.717) is 23.6 Å². The zero-order valence-corrected chi connectivity index (χ0v) is 15.3. The number of ether oxygens (including phenoxy) is 1. The van der Waals surface area contributed by atoms with Gasteiger partial charge in [0.25, 0.3) is 0 Å². The van der Waals surface area contributed by atoms with E-state index in [1.54, 1.807) is 31.2 Å². The summed E-state index contributed by atoms with van der Waals surface area (Å²) in [5.74, 6) is -1.25. The standard InChI is InChI=1S/C18H24ClNO5/c1-13(18(24)25-2)12-20(10-3-11-21)17(23)9-8-16(22)14-4-6-15(19)7-5-14/h4-7,13,21H,3,8-12H2,1-2H3. The van der Waals surface area contributed by atoms with Crippen molar-refractivity contribution in [2.45, 2.75) is 26.2 Å². The Morgan fingerprint density at radius 3 is 2.40 bits per heavy atom. The molecule has 0 aromatic heterocycles. The monoisotopic (exact) mass is 369 g/mol. The molecule has 0 aliphatic heterocycles. The van der Waals surface area contributed by atoms with Gasteiger partial charge in [-0.05, 0) is 30.7 Å². The van der Waals surface area contributed by atoms with Gasteiger partial charge in [-0.1, -0.05) is 18.5 Å². The summed E-state index contributed by atoms with van der Waals surface area (Å²) in [6.45, 7) is 2.14. The number of esters is 1. The zero-order chi connectivity index (χ0) is 18.8. The quantitative estimate of drug-likeness (QED) is 0.505. The first-order chi connectivity index (χ1) is 11.9. The molecule has 138 valence electrons. The van der Waals surface area contributed by atoms with Gasteiger partial charge in [-0.3, -0.25) is 14.4 Å². The van der Waals surface area contributed by atoms with Crippen LogP contribution in [0, 0.1) is 5.92 Å². The van der Waals surface area contributed by atoms with Crippen molar-refractivity contribution in [3.05, 3.63) is 34.9 Å². The molecule has 0 fully saturated rings. The van der Waals surface area contributed by atoms with Gasteiger partial charge in [0, 0.05) is 43.1 Å². The van der Waals surface area contributed by atoms with Crippen molar-refractivity contribution in [1.29, 1.82) is 0 Å². The Bertz CT molecular complexity index is 588. The van der Waals surface area contributed by atoms with E-state index in [0.717, 1.165) is 0 Å². The Morgan fingerprint density at radius 1 is 1.20 bits per heavy atom. The lowest BCUT2D eigenvalue weighted by atomic mass is 10.1. The fourth-order valence-corrected chi connectivity index (χ4v) is 2.47. The van der Waals surface area contributed by atoms with Crippen LogP contribution in [0.25, 0.3) is 0 Å². The number of nitrogens with zero attached hydrogens (tertiary/aromatic N) is 1. The lowest BCUT2D eigenvalue weighted by molar-refractivity contribution is -0.146. The van der Waals surface area contributed by atoms with Gasteiger partial charge in [-0.25, -0.2) is 0 Å². The van der Waals surface area contributed by atoms with Crippen LogP contribution in [0.5, 0.6) is 0 Å². The fraction of sp³-hybridized carbons (Fsp3) is 0.500. The molecule has 0 bridgehead atoms. The summed E-state index contributed by atoms with van der Waals surface area (Å²) in [5, 5.41) is 9.52. The van der Waals surface area contributed by atoms with E-state index in [1.165, 1.54) is 12.0 Å². The van der Waals surface area contributed by atoms with E-state index in [-0.39, 0.29) is 37.7 Å². The van der Waals surface area contributed by atoms with Crippen LogP contribution in [0.2, 0.25) is 5.02 Å². The molecule has 0 spiro atoms. The molecule has 7 heteroatoms. The van der Waals surface area contributed by atoms with Crippen molar-refractivity contribution in [3.63, 3.8) is 0 Å². The summed E-state index contributed by atoms with van der Waals surface area (Å²) in [4.78, 5) is 37.6. The number of benzene rings is 1. The maximum Gasteiger partial charge on any atom is 0.310 e. The van der Waals surface area contributed by atoms with Gasteiger partial charge >= 0.3 is 5.97 Å². The van der Waals surface area contributed by atoms with Gasteiger partial charge < -0.3 is 14.7 Å². The Balaban J connectivity index is 2.62. The van der Waals surface area contributed by atoms with Crippen LogP contribution in [0.3, 0.4) is 0 Å². The molecule has 1 rings (SSSR count). The molecule has 0 aliphatic rings. The van der Waals surface area contributed by atoms with Crippen LogP contribution < -0.4 is 0 Å². The highest BCUT2D eigenvalue weighted by molar-refractivity contribution is 6.30. The molecule has 0 heterocycles. The summed E-state index contributed by atoms with van der Waals surface area (Å²) in [5.41, 5.74) is 0.502. The van der Waals surface area contributed by atoms with E-state index >= 15 is 0 Å². The summed E-state index contributed by atoms with van der Waals surface area (Å²) < 4.78 is 4.67. The number of rotatable bonds is 10. The molecule has 0 saturated carbocycles. The van der Waals surface area contributed by atoms with Crippen LogP contribution >= 0.6 is 11.6 Å². The summed E-state index contributed by atoms with van der Waals surface area (Å²) in [6, 6.07) is 6.50. The number of halogens is 1. The van der Waals surface area contributed by atoms with Crippen molar-refractivity contribution >= 4 is 29.3 Å². The van der Waals surface area contributed by atoms with E-state index in [1.807, 2.05) is 0 Å². The smallest absolute Gasteiger partial charge is 0.310 e. The Hall–Kier alpha value is -1.92. The number of methoxy groups -OCH3 is 1. The normalized spacial score (nSPS) is 11.7. The van der Waals surface area contributed by atoms with Gasteiger partial charge in [0.1, 0.15) is 0 Å². The van der Waals surface area contributed by atoms with Gasteiger partial charge in [0.2, 0.25) is 5.91 Å². The molecule has 0 aliphatic carbocycles. The maximum absolute atomic E-state index is 12.4. The second-order valence-corrected chi connectivity index (χ2v) is 6.21. The average molecular weight is 370 g/mol. The predicted octanol–water partition coefficient (Wildman–Crippen LogP) is 2.32. The lowest BCUT2D eigenvalue weighted by Gasteiger charge is -2.25. The maximum atomic E-state index is 12.4. The molecule has 1 aromatic carbocycles. The minimum atomic E-state index is -0.473. The highest BCUT2D eigenvalue weighted by atomic mass is 35.5. The van der Waals surface area contributed by atoms with E-state index < -0.39 is 11.9 Å². The zero-order valence-electron chi connectivity index (χ0n) is 14.5. The molecule has 0 saturated heterocycles. The Labute approximate surface area is 152 Å². The van der Waals surface area contributed by atoms with E-state index in [2.05, 4.69) is 4.74 Å². The molecule has 25 heavy (non-hydrogen) atoms. The third-order valence-electron chi connectivity index (χ3n) is 3.77. The van der Waals surface area contributed by atoms with Crippen LogP contribution in [0.4, 0.5) is 0 Å². The molecule has 6 nitrogen and oxygen atoms in total. The van der Waals surface area contributed by atoms with Crippen LogP contribution in [0.1, 0.15) is 36.5 Å². The number of amides is 1. The van der Waals surface area contributed by atoms with E-state index in [9.17, 15) is 14.4 Å². The average Bonchev–Trinajstić information content (AvgIpc) is 2.62. The number of carbonyl (C=O) groups is 3. The minimum absolute atomic E-state index is 0.0424. The van der Waals surface area contributed by atoms with Crippen molar-refractivity contribution < 1.29 is 24.2 Å². The molecule has 1 unspecified atom stereocenters. The first-order valence-electron chi connectivity index (χ1n) is 8.14. The Morgan fingerprint density at radius 2 is 1.84 bits per heavy atom. The molecule has 0 radical (unpaired) electrons. The number of carbonyl (C=O) groups excluding carboxylic acids is 3. The van der Waals surface area contributed by atoms with Gasteiger partial charge in [0.05, 0.1) is 13.0 Å². The second-order valence-electron chi connectivity index (χ2n) is 5.77. The third kappa shape index (κ3) is 7.23. The van der Waals surface area contributed by atoms with Crippen molar-refractivity contribution in [3.8, 4) is 0 Å². The number of hydrogen-bond acceptors (Lipinski definition) is 5. The summed E-state index contributed by atoms with van der Waals surface area (Å²) in [6.07, 6.45) is 0.522. The van der Waals surface area contributed by atoms with Gasteiger partial charge in [-0.15, -0.1) is 0 Å². The van der Waals surface area contributed by atoms with Crippen LogP contribution in [0.15, 0.2) is 24.3 Å². The first kappa shape index (κ1) is 21.1. The highest BCUT2D eigenvalue weighted by Gasteiger charge is 2.22. The van der Waals surface area contributed by atoms with Crippen LogP contribution in [-0.4, -0.2) is 54.5 Å². The van der Waals surface area contributed by atoms with Crippen LogP contribution in [-0.2, 0) is 14.3 Å². The minimum Gasteiger partial charge on any atom is -0.469 e. The number of Topliss-reactive ketones (excluding diaryl/α,β-unsaturated/α-hetero) is 1. The summed E-state index contributed by atoms with van der Waals surface area (Å²) in [7, 11) is 1.30. The molecule has 1 N–H and O–H groups in total. The summed E-state index contributed by atoms with van der Waals surface area (Å²) >= 11 is 5.79. The topological polar surface area (TPSA) is 83.9 Å². The Kier molecular flexibility index (Phi) is 9.16. The second kappa shape index (κ2) is 10.8. The first-order valence-corrected chi connectivity index (χ1v) is 8.52. The van der Waals surface area contributed by atoms with Crippen molar-refractivity contribution in [1.82, 2.24) is 4.90 Å². The van der Waals surface area contributed by atoms with Crippen molar-refractivity contribution in [2.24, 2.45) is 5.92 Å². The van der Waals surface area contributed by atoms with E-state index in [4.69, 9.17) is 16.7 Å². The van der Waals surface area contributed by atoms with Gasteiger partial charge in [0.15, 0.2) is 5.78 Å². The molecular weight excluding hydrogens is 346 g/mol. The third-order valence-corrected chi connectivity index (χ3v) is 4.02.